The lowest BCUT2D eigenvalue weighted by atomic mass is 10.0. The Labute approximate surface area is 148 Å². The van der Waals surface area contributed by atoms with Gasteiger partial charge in [0.25, 0.3) is 5.91 Å². The molecule has 0 saturated heterocycles. The van der Waals surface area contributed by atoms with Gasteiger partial charge in [-0.1, -0.05) is 12.1 Å². The molecule has 1 aromatic heterocycles. The van der Waals surface area contributed by atoms with Crippen LogP contribution in [0.5, 0.6) is 17.2 Å². The minimum absolute atomic E-state index is 0.188. The highest BCUT2D eigenvalue weighted by atomic mass is 16.7. The number of hydrogen-bond acceptors (Lipinski definition) is 6. The lowest BCUT2D eigenvalue weighted by Crippen LogP contribution is -2.31. The molecule has 1 amide bonds. The summed E-state index contributed by atoms with van der Waals surface area (Å²) >= 11 is 0. The fourth-order valence-corrected chi connectivity index (χ4v) is 3.26. The summed E-state index contributed by atoms with van der Waals surface area (Å²) in [4.78, 5) is 12.2. The number of carbonyl (C=O) groups is 1. The van der Waals surface area contributed by atoms with Gasteiger partial charge >= 0.3 is 0 Å². The molecular weight excluding hydrogens is 336 g/mol. The molecule has 8 heteroatoms. The zero-order valence-corrected chi connectivity index (χ0v) is 13.6. The van der Waals surface area contributed by atoms with Crippen molar-refractivity contribution in [3.8, 4) is 34.2 Å². The molecule has 0 fully saturated rings. The number of nitrogens with one attached hydrogen (secondary N) is 1. The van der Waals surface area contributed by atoms with Gasteiger partial charge in [0.05, 0.1) is 11.4 Å². The topological polar surface area (TPSA) is 101 Å². The van der Waals surface area contributed by atoms with Crippen molar-refractivity contribution in [1.29, 1.82) is 0 Å². The molecule has 0 unspecified atom stereocenters. The Morgan fingerprint density at radius 3 is 2.81 bits per heavy atom. The summed E-state index contributed by atoms with van der Waals surface area (Å²) in [5.41, 5.74) is 5.46. The molecule has 26 heavy (non-hydrogen) atoms. The summed E-state index contributed by atoms with van der Waals surface area (Å²) in [5, 5.41) is 4.51. The molecule has 130 valence electrons. The smallest absolute Gasteiger partial charge is 0.286 e. The van der Waals surface area contributed by atoms with Gasteiger partial charge < -0.3 is 14.2 Å². The van der Waals surface area contributed by atoms with Gasteiger partial charge in [0.15, 0.2) is 17.2 Å². The number of fused-ring (bicyclic) bond motifs is 4. The van der Waals surface area contributed by atoms with Crippen molar-refractivity contribution in [3.63, 3.8) is 0 Å². The van der Waals surface area contributed by atoms with E-state index >= 15 is 0 Å². The number of ether oxygens (including phenoxy) is 3. The second-order valence-corrected chi connectivity index (χ2v) is 5.88. The minimum Gasteiger partial charge on any atom is -0.488 e. The van der Waals surface area contributed by atoms with Crippen LogP contribution in [-0.2, 0) is 6.61 Å². The van der Waals surface area contributed by atoms with Crippen molar-refractivity contribution in [2.45, 2.75) is 6.61 Å². The van der Waals surface area contributed by atoms with Crippen LogP contribution in [0.1, 0.15) is 16.1 Å². The predicted molar refractivity (Wildman–Crippen MR) is 91.1 cm³/mol. The Hall–Kier alpha value is -3.52. The third-order valence-electron chi connectivity index (χ3n) is 4.44. The zero-order valence-electron chi connectivity index (χ0n) is 13.6. The molecule has 0 radical (unpaired) electrons. The molecule has 5 rings (SSSR count). The van der Waals surface area contributed by atoms with Crippen LogP contribution in [0.3, 0.4) is 0 Å². The second kappa shape index (κ2) is 5.50. The molecule has 2 aliphatic heterocycles. The molecule has 2 aliphatic rings. The Kier molecular flexibility index (Phi) is 3.13. The summed E-state index contributed by atoms with van der Waals surface area (Å²) in [6, 6.07) is 13.1. The standard InChI is InChI=1S/C18H14N4O4/c19-20-18(23)16-12-8-24-13-4-2-1-3-11(13)17(12)22(21-16)10-5-6-14-15(7-10)26-9-25-14/h1-7H,8-9,19H2,(H,20,23). The molecular formula is C18H14N4O4. The van der Waals surface area contributed by atoms with Crippen molar-refractivity contribution in [2.75, 3.05) is 6.79 Å². The molecule has 0 bridgehead atoms. The van der Waals surface area contributed by atoms with Gasteiger partial charge in [-0.3, -0.25) is 10.2 Å². The van der Waals surface area contributed by atoms with Crippen LogP contribution in [0.2, 0.25) is 0 Å². The summed E-state index contributed by atoms with van der Waals surface area (Å²) in [5.74, 6) is 6.91. The van der Waals surface area contributed by atoms with Crippen LogP contribution < -0.4 is 25.5 Å². The van der Waals surface area contributed by atoms with E-state index in [1.807, 2.05) is 42.5 Å². The monoisotopic (exact) mass is 350 g/mol. The number of nitrogen functional groups attached to an aromatic ring is 1. The summed E-state index contributed by atoms with van der Waals surface area (Å²) in [7, 11) is 0. The van der Waals surface area contributed by atoms with Gasteiger partial charge in [-0.25, -0.2) is 10.5 Å². The molecule has 3 heterocycles. The predicted octanol–water partition coefficient (Wildman–Crippen LogP) is 1.76. The molecule has 8 nitrogen and oxygen atoms in total. The summed E-state index contributed by atoms with van der Waals surface area (Å²) < 4.78 is 18.3. The van der Waals surface area contributed by atoms with E-state index in [2.05, 4.69) is 10.5 Å². The number of nitrogens with zero attached hydrogens (tertiary/aromatic N) is 2. The number of carbonyl (C=O) groups excluding carboxylic acids is 1. The molecule has 3 aromatic rings. The van der Waals surface area contributed by atoms with E-state index in [0.29, 0.717) is 17.1 Å². The van der Waals surface area contributed by atoms with E-state index in [4.69, 9.17) is 20.1 Å². The number of aromatic nitrogens is 2. The highest BCUT2D eigenvalue weighted by Crippen LogP contribution is 2.41. The first kappa shape index (κ1) is 14.8. The molecule has 0 aliphatic carbocycles. The molecule has 0 spiro atoms. The van der Waals surface area contributed by atoms with E-state index in [1.54, 1.807) is 4.68 Å². The summed E-state index contributed by atoms with van der Waals surface area (Å²) in [6.07, 6.45) is 0. The van der Waals surface area contributed by atoms with Gasteiger partial charge in [0.2, 0.25) is 6.79 Å². The number of hydrazine groups is 1. The zero-order chi connectivity index (χ0) is 17.7. The maximum Gasteiger partial charge on any atom is 0.286 e. The van der Waals surface area contributed by atoms with E-state index in [1.165, 1.54) is 0 Å². The van der Waals surface area contributed by atoms with Crippen molar-refractivity contribution in [2.24, 2.45) is 5.84 Å². The van der Waals surface area contributed by atoms with Crippen LogP contribution in [0.25, 0.3) is 16.9 Å². The van der Waals surface area contributed by atoms with E-state index in [0.717, 1.165) is 22.7 Å². The second-order valence-electron chi connectivity index (χ2n) is 5.88. The van der Waals surface area contributed by atoms with Crippen LogP contribution in [0, 0.1) is 0 Å². The average molecular weight is 350 g/mol. The number of amides is 1. The number of nitrogens with two attached hydrogens (primary N) is 1. The van der Waals surface area contributed by atoms with E-state index < -0.39 is 5.91 Å². The van der Waals surface area contributed by atoms with Crippen LogP contribution in [-0.4, -0.2) is 22.5 Å². The van der Waals surface area contributed by atoms with Gasteiger partial charge in [0, 0.05) is 17.2 Å². The van der Waals surface area contributed by atoms with Crippen LogP contribution in [0.4, 0.5) is 0 Å². The number of benzene rings is 2. The largest absolute Gasteiger partial charge is 0.488 e. The molecule has 2 aromatic carbocycles. The van der Waals surface area contributed by atoms with Crippen LogP contribution >= 0.6 is 0 Å². The maximum atomic E-state index is 12.2. The SMILES string of the molecule is NNC(=O)c1nn(-c2ccc3c(c2)OCO3)c2c1COc1ccccc1-2. The molecule has 0 atom stereocenters. The third-order valence-corrected chi connectivity index (χ3v) is 4.44. The average Bonchev–Trinajstić information content (AvgIpc) is 3.31. The highest BCUT2D eigenvalue weighted by Gasteiger charge is 2.30. The van der Waals surface area contributed by atoms with Crippen molar-refractivity contribution < 1.29 is 19.0 Å². The van der Waals surface area contributed by atoms with E-state index in [9.17, 15) is 4.79 Å². The lowest BCUT2D eigenvalue weighted by molar-refractivity contribution is 0.0945. The van der Waals surface area contributed by atoms with Crippen LogP contribution in [0.15, 0.2) is 42.5 Å². The maximum absolute atomic E-state index is 12.2. The van der Waals surface area contributed by atoms with Crippen molar-refractivity contribution in [1.82, 2.24) is 15.2 Å². The highest BCUT2D eigenvalue weighted by molar-refractivity contribution is 5.96. The van der Waals surface area contributed by atoms with Gasteiger partial charge in [-0.05, 0) is 24.3 Å². The fraction of sp³-hybridized carbons (Fsp3) is 0.111. The number of para-hydroxylation sites is 1. The summed E-state index contributed by atoms with van der Waals surface area (Å²) in [6.45, 7) is 0.424. The van der Waals surface area contributed by atoms with E-state index in [-0.39, 0.29) is 19.1 Å². The Bertz CT molecular complexity index is 1040. The van der Waals surface area contributed by atoms with Gasteiger partial charge in [-0.2, -0.15) is 5.10 Å². The quantitative estimate of drug-likeness (QED) is 0.415. The van der Waals surface area contributed by atoms with Gasteiger partial charge in [-0.15, -0.1) is 0 Å². The van der Waals surface area contributed by atoms with Crippen molar-refractivity contribution in [3.05, 3.63) is 53.7 Å². The minimum atomic E-state index is -0.469. The first-order chi connectivity index (χ1) is 12.8. The Morgan fingerprint density at radius 1 is 1.08 bits per heavy atom. The molecule has 0 saturated carbocycles. The van der Waals surface area contributed by atoms with Crippen molar-refractivity contribution >= 4 is 5.91 Å². The molecule has 3 N–H and O–H groups in total. The third kappa shape index (κ3) is 2.06. The normalized spacial score (nSPS) is 13.6. The lowest BCUT2D eigenvalue weighted by Gasteiger charge is -2.19. The number of hydrogen-bond donors (Lipinski definition) is 2. The number of rotatable bonds is 2. The van der Waals surface area contributed by atoms with Gasteiger partial charge in [0.1, 0.15) is 12.4 Å². The first-order valence-electron chi connectivity index (χ1n) is 8.01. The first-order valence-corrected chi connectivity index (χ1v) is 8.01. The Balaban J connectivity index is 1.76. The fourth-order valence-electron chi connectivity index (χ4n) is 3.26. The Morgan fingerprint density at radius 2 is 1.92 bits per heavy atom.